The van der Waals surface area contributed by atoms with Crippen molar-refractivity contribution in [3.63, 3.8) is 0 Å². The molecule has 1 aromatic rings. The standard InChI is InChI=1S/C17H27FN2/c1-13(2)20(12-14-4-5-14)11-10-17(19-3)15-6-8-16(18)9-7-15/h6-9,13-14,17,19H,4-5,10-12H2,1-3H3. The average Bonchev–Trinajstić information content (AvgIpc) is 3.23. The van der Waals surface area contributed by atoms with Gasteiger partial charge >= 0.3 is 0 Å². The molecule has 2 nitrogen and oxygen atoms in total. The van der Waals surface area contributed by atoms with Crippen molar-refractivity contribution < 1.29 is 4.39 Å². The van der Waals surface area contributed by atoms with Crippen molar-refractivity contribution in [3.05, 3.63) is 35.6 Å². The second-order valence-corrected chi connectivity index (χ2v) is 6.21. The molecule has 0 radical (unpaired) electrons. The van der Waals surface area contributed by atoms with Gasteiger partial charge in [-0.1, -0.05) is 12.1 Å². The molecule has 0 aromatic heterocycles. The second-order valence-electron chi connectivity index (χ2n) is 6.21. The summed E-state index contributed by atoms with van der Waals surface area (Å²) in [4.78, 5) is 2.57. The van der Waals surface area contributed by atoms with Gasteiger partial charge < -0.3 is 10.2 Å². The van der Waals surface area contributed by atoms with Gasteiger partial charge in [0.05, 0.1) is 0 Å². The van der Waals surface area contributed by atoms with E-state index in [9.17, 15) is 4.39 Å². The number of nitrogens with one attached hydrogen (secondary N) is 1. The van der Waals surface area contributed by atoms with Crippen LogP contribution in [0.3, 0.4) is 0 Å². The summed E-state index contributed by atoms with van der Waals surface area (Å²) < 4.78 is 13.0. The zero-order valence-electron chi connectivity index (χ0n) is 12.9. The van der Waals surface area contributed by atoms with E-state index in [1.165, 1.54) is 24.9 Å². The van der Waals surface area contributed by atoms with Gasteiger partial charge in [-0.05, 0) is 63.8 Å². The Morgan fingerprint density at radius 2 is 1.90 bits per heavy atom. The maximum atomic E-state index is 13.0. The van der Waals surface area contributed by atoms with E-state index in [1.54, 1.807) is 12.1 Å². The molecule has 1 saturated carbocycles. The van der Waals surface area contributed by atoms with Gasteiger partial charge in [0.2, 0.25) is 0 Å². The lowest BCUT2D eigenvalue weighted by molar-refractivity contribution is 0.202. The van der Waals surface area contributed by atoms with Crippen LogP contribution >= 0.6 is 0 Å². The highest BCUT2D eigenvalue weighted by Gasteiger charge is 2.25. The van der Waals surface area contributed by atoms with E-state index in [1.807, 2.05) is 19.2 Å². The Hall–Kier alpha value is -0.930. The van der Waals surface area contributed by atoms with Crippen LogP contribution in [0.1, 0.15) is 44.7 Å². The third-order valence-corrected chi connectivity index (χ3v) is 4.25. The number of benzene rings is 1. The predicted octanol–water partition coefficient (Wildman–Crippen LogP) is 3.60. The van der Waals surface area contributed by atoms with E-state index in [2.05, 4.69) is 24.1 Å². The van der Waals surface area contributed by atoms with E-state index < -0.39 is 0 Å². The molecular weight excluding hydrogens is 251 g/mol. The molecule has 1 N–H and O–H groups in total. The van der Waals surface area contributed by atoms with Crippen LogP contribution < -0.4 is 5.32 Å². The van der Waals surface area contributed by atoms with Crippen molar-refractivity contribution in [2.75, 3.05) is 20.1 Å². The summed E-state index contributed by atoms with van der Waals surface area (Å²) in [5.74, 6) is 0.761. The molecule has 1 atom stereocenters. The van der Waals surface area contributed by atoms with Gasteiger partial charge in [0.25, 0.3) is 0 Å². The fourth-order valence-electron chi connectivity index (χ4n) is 2.66. The lowest BCUT2D eigenvalue weighted by Crippen LogP contribution is -2.35. The van der Waals surface area contributed by atoms with E-state index in [-0.39, 0.29) is 5.82 Å². The van der Waals surface area contributed by atoms with Gasteiger partial charge in [-0.2, -0.15) is 0 Å². The molecule has 1 aliphatic carbocycles. The van der Waals surface area contributed by atoms with E-state index in [0.29, 0.717) is 12.1 Å². The van der Waals surface area contributed by atoms with Crippen LogP contribution in [0.5, 0.6) is 0 Å². The zero-order valence-corrected chi connectivity index (χ0v) is 12.9. The fourth-order valence-corrected chi connectivity index (χ4v) is 2.66. The molecule has 0 saturated heterocycles. The third-order valence-electron chi connectivity index (χ3n) is 4.25. The lowest BCUT2D eigenvalue weighted by Gasteiger charge is -2.28. The highest BCUT2D eigenvalue weighted by Crippen LogP contribution is 2.30. The summed E-state index contributed by atoms with van der Waals surface area (Å²) in [6, 6.07) is 7.76. The molecule has 20 heavy (non-hydrogen) atoms. The smallest absolute Gasteiger partial charge is 0.123 e. The first-order valence-corrected chi connectivity index (χ1v) is 7.77. The van der Waals surface area contributed by atoms with Gasteiger partial charge in [-0.3, -0.25) is 0 Å². The minimum absolute atomic E-state index is 0.166. The van der Waals surface area contributed by atoms with Crippen molar-refractivity contribution >= 4 is 0 Å². The third kappa shape index (κ3) is 4.57. The highest BCUT2D eigenvalue weighted by atomic mass is 19.1. The Morgan fingerprint density at radius 3 is 2.40 bits per heavy atom. The van der Waals surface area contributed by atoms with Gasteiger partial charge in [-0.15, -0.1) is 0 Å². The first-order chi connectivity index (χ1) is 9.60. The molecule has 1 unspecified atom stereocenters. The zero-order chi connectivity index (χ0) is 14.5. The Morgan fingerprint density at radius 1 is 1.25 bits per heavy atom. The van der Waals surface area contributed by atoms with E-state index in [0.717, 1.165) is 18.9 Å². The summed E-state index contributed by atoms with van der Waals surface area (Å²) in [6.07, 6.45) is 3.86. The van der Waals surface area contributed by atoms with Crippen molar-refractivity contribution in [1.82, 2.24) is 10.2 Å². The van der Waals surface area contributed by atoms with Gasteiger partial charge in [0.1, 0.15) is 5.82 Å². The molecule has 0 bridgehead atoms. The van der Waals surface area contributed by atoms with Crippen LogP contribution in [0.4, 0.5) is 4.39 Å². The number of hydrogen-bond acceptors (Lipinski definition) is 2. The first-order valence-electron chi connectivity index (χ1n) is 7.77. The molecule has 2 rings (SSSR count). The Bertz CT molecular complexity index is 398. The summed E-state index contributed by atoms with van der Waals surface area (Å²) >= 11 is 0. The van der Waals surface area contributed by atoms with Crippen LogP contribution in [0.2, 0.25) is 0 Å². The first kappa shape index (κ1) is 15.5. The number of hydrogen-bond donors (Lipinski definition) is 1. The topological polar surface area (TPSA) is 15.3 Å². The van der Waals surface area contributed by atoms with Crippen molar-refractivity contribution in [2.24, 2.45) is 5.92 Å². The van der Waals surface area contributed by atoms with Crippen LogP contribution in [0, 0.1) is 11.7 Å². The summed E-state index contributed by atoms with van der Waals surface area (Å²) in [5, 5.41) is 3.35. The van der Waals surface area contributed by atoms with Crippen molar-refractivity contribution in [2.45, 2.75) is 45.2 Å². The highest BCUT2D eigenvalue weighted by molar-refractivity contribution is 5.19. The van der Waals surface area contributed by atoms with Crippen LogP contribution in [-0.2, 0) is 0 Å². The second kappa shape index (κ2) is 7.19. The lowest BCUT2D eigenvalue weighted by atomic mass is 10.0. The van der Waals surface area contributed by atoms with Crippen LogP contribution in [0.15, 0.2) is 24.3 Å². The van der Waals surface area contributed by atoms with Crippen LogP contribution in [0.25, 0.3) is 0 Å². The predicted molar refractivity (Wildman–Crippen MR) is 82.3 cm³/mol. The van der Waals surface area contributed by atoms with Crippen molar-refractivity contribution in [3.8, 4) is 0 Å². The molecule has 112 valence electrons. The Balaban J connectivity index is 1.89. The molecule has 0 spiro atoms. The normalized spacial score (nSPS) is 16.9. The van der Waals surface area contributed by atoms with E-state index in [4.69, 9.17) is 0 Å². The monoisotopic (exact) mass is 278 g/mol. The average molecular weight is 278 g/mol. The molecule has 1 aliphatic rings. The minimum atomic E-state index is -0.166. The molecule has 1 fully saturated rings. The maximum Gasteiger partial charge on any atom is 0.123 e. The Labute approximate surface area is 122 Å². The largest absolute Gasteiger partial charge is 0.313 e. The SMILES string of the molecule is CNC(CCN(CC1CC1)C(C)C)c1ccc(F)cc1. The minimum Gasteiger partial charge on any atom is -0.313 e. The molecule has 1 aromatic carbocycles. The fraction of sp³-hybridized carbons (Fsp3) is 0.647. The quantitative estimate of drug-likeness (QED) is 0.781. The van der Waals surface area contributed by atoms with E-state index >= 15 is 0 Å². The van der Waals surface area contributed by atoms with Crippen molar-refractivity contribution in [1.29, 1.82) is 0 Å². The summed E-state index contributed by atoms with van der Waals surface area (Å²) in [7, 11) is 1.98. The van der Waals surface area contributed by atoms with Gasteiger partial charge in [0.15, 0.2) is 0 Å². The molecular formula is C17H27FN2. The van der Waals surface area contributed by atoms with Gasteiger partial charge in [-0.25, -0.2) is 4.39 Å². The van der Waals surface area contributed by atoms with Crippen LogP contribution in [-0.4, -0.2) is 31.1 Å². The molecule has 0 aliphatic heterocycles. The Kier molecular flexibility index (Phi) is 5.55. The molecule has 0 heterocycles. The number of rotatable bonds is 8. The summed E-state index contributed by atoms with van der Waals surface area (Å²) in [5.41, 5.74) is 1.17. The molecule has 3 heteroatoms. The summed E-state index contributed by atoms with van der Waals surface area (Å²) in [6.45, 7) is 6.87. The molecule has 0 amide bonds. The van der Waals surface area contributed by atoms with Gasteiger partial charge in [0, 0.05) is 25.2 Å². The number of halogens is 1. The number of nitrogens with zero attached hydrogens (tertiary/aromatic N) is 1. The maximum absolute atomic E-state index is 13.0.